The molecule has 2 aromatic carbocycles. The topological polar surface area (TPSA) is 78.0 Å². The zero-order valence-corrected chi connectivity index (χ0v) is 16.9. The van der Waals surface area contributed by atoms with Crippen LogP contribution in [0.5, 0.6) is 0 Å². The molecule has 0 unspecified atom stereocenters. The maximum atomic E-state index is 13.0. The Bertz CT molecular complexity index is 1030. The maximum Gasteiger partial charge on any atom is 0.262 e. The van der Waals surface area contributed by atoms with Gasteiger partial charge in [-0.1, -0.05) is 60.1 Å². The fraction of sp³-hybridized carbons (Fsp3) is 0.318. The van der Waals surface area contributed by atoms with Crippen LogP contribution in [0.25, 0.3) is 10.9 Å². The Hall–Kier alpha value is -2.60. The zero-order valence-electron chi connectivity index (χ0n) is 16.1. The number of nitrogens with zero attached hydrogens (tertiary/aromatic N) is 2. The summed E-state index contributed by atoms with van der Waals surface area (Å²) in [6.07, 6.45) is 2.80. The van der Waals surface area contributed by atoms with E-state index in [-0.39, 0.29) is 11.5 Å². The monoisotopic (exact) mass is 395 g/mol. The van der Waals surface area contributed by atoms with E-state index in [1.165, 1.54) is 11.1 Å². The van der Waals surface area contributed by atoms with E-state index in [2.05, 4.69) is 25.1 Å². The Morgan fingerprint density at radius 3 is 2.71 bits per heavy atom. The van der Waals surface area contributed by atoms with Gasteiger partial charge in [0.15, 0.2) is 5.16 Å². The van der Waals surface area contributed by atoms with Gasteiger partial charge in [0.2, 0.25) is 5.91 Å². The molecule has 146 valence electrons. The van der Waals surface area contributed by atoms with Gasteiger partial charge in [-0.25, -0.2) is 4.98 Å². The highest BCUT2D eigenvalue weighted by atomic mass is 32.2. The number of nitrogens with two attached hydrogens (primary N) is 1. The maximum absolute atomic E-state index is 13.0. The minimum absolute atomic E-state index is 0.00718. The van der Waals surface area contributed by atoms with Crippen LogP contribution in [0.15, 0.2) is 58.5 Å². The van der Waals surface area contributed by atoms with E-state index in [1.807, 2.05) is 30.3 Å². The first-order valence-corrected chi connectivity index (χ1v) is 10.5. The van der Waals surface area contributed by atoms with E-state index in [1.54, 1.807) is 16.3 Å². The van der Waals surface area contributed by atoms with Crippen molar-refractivity contribution in [3.8, 4) is 0 Å². The van der Waals surface area contributed by atoms with E-state index >= 15 is 0 Å². The molecule has 3 rings (SSSR count). The second-order valence-corrected chi connectivity index (χ2v) is 7.87. The lowest BCUT2D eigenvalue weighted by Crippen LogP contribution is -2.23. The van der Waals surface area contributed by atoms with E-state index in [4.69, 9.17) is 10.7 Å². The molecule has 0 aliphatic carbocycles. The largest absolute Gasteiger partial charge is 0.370 e. The summed E-state index contributed by atoms with van der Waals surface area (Å²) in [5.74, 6) is 0.479. The summed E-state index contributed by atoms with van der Waals surface area (Å²) in [4.78, 5) is 28.7. The molecule has 0 aliphatic heterocycles. The quantitative estimate of drug-likeness (QED) is 0.337. The van der Waals surface area contributed by atoms with Crippen LogP contribution in [-0.4, -0.2) is 15.5 Å². The van der Waals surface area contributed by atoms with Crippen molar-refractivity contribution < 1.29 is 4.79 Å². The number of carbonyl (C=O) groups excluding carboxylic acids is 1. The highest BCUT2D eigenvalue weighted by molar-refractivity contribution is 7.98. The van der Waals surface area contributed by atoms with Crippen molar-refractivity contribution in [1.82, 2.24) is 9.55 Å². The third-order valence-corrected chi connectivity index (χ3v) is 5.63. The second-order valence-electron chi connectivity index (χ2n) is 6.92. The number of hydrogen-bond donors (Lipinski definition) is 1. The second kappa shape index (κ2) is 9.55. The Morgan fingerprint density at radius 2 is 1.93 bits per heavy atom. The molecule has 0 atom stereocenters. The fourth-order valence-electron chi connectivity index (χ4n) is 3.15. The number of hydrogen-bond acceptors (Lipinski definition) is 4. The minimum Gasteiger partial charge on any atom is -0.370 e. The SMILES string of the molecule is Cc1cccc(CSc2nc3ccccc3c(=O)n2CCCCCC(N)=O)c1. The highest BCUT2D eigenvalue weighted by Gasteiger charge is 2.11. The number of aryl methyl sites for hydroxylation is 1. The standard InChI is InChI=1S/C22H25N3O2S/c1-16-8-7-9-17(14-16)15-28-22-24-19-11-5-4-10-18(19)21(27)25(22)13-6-2-3-12-20(23)26/h4-5,7-11,14H,2-3,6,12-13,15H2,1H3,(H2,23,26). The summed E-state index contributed by atoms with van der Waals surface area (Å²) < 4.78 is 1.77. The number of unbranched alkanes of at least 4 members (excludes halogenated alkanes) is 2. The summed E-state index contributed by atoms with van der Waals surface area (Å²) in [5, 5.41) is 1.37. The van der Waals surface area contributed by atoms with Gasteiger partial charge in [-0.2, -0.15) is 0 Å². The molecule has 0 spiro atoms. The number of carbonyl (C=O) groups is 1. The Balaban J connectivity index is 1.81. The van der Waals surface area contributed by atoms with Crippen LogP contribution in [0, 0.1) is 6.92 Å². The summed E-state index contributed by atoms with van der Waals surface area (Å²) in [7, 11) is 0. The van der Waals surface area contributed by atoms with Crippen molar-refractivity contribution in [3.05, 3.63) is 70.0 Å². The molecular formula is C22H25N3O2S. The first kappa shape index (κ1) is 20.1. The molecule has 28 heavy (non-hydrogen) atoms. The number of rotatable bonds is 9. The lowest BCUT2D eigenvalue weighted by Gasteiger charge is -2.13. The van der Waals surface area contributed by atoms with Crippen molar-refractivity contribution in [2.75, 3.05) is 0 Å². The molecule has 1 amide bonds. The molecule has 0 radical (unpaired) electrons. The lowest BCUT2D eigenvalue weighted by molar-refractivity contribution is -0.118. The normalized spacial score (nSPS) is 11.0. The first-order valence-electron chi connectivity index (χ1n) is 9.51. The molecule has 0 fully saturated rings. The Morgan fingerprint density at radius 1 is 1.11 bits per heavy atom. The van der Waals surface area contributed by atoms with Crippen LogP contribution in [0.2, 0.25) is 0 Å². The number of thioether (sulfide) groups is 1. The zero-order chi connectivity index (χ0) is 19.9. The summed E-state index contributed by atoms with van der Waals surface area (Å²) in [5.41, 5.74) is 8.34. The predicted octanol–water partition coefficient (Wildman–Crippen LogP) is 4.04. The Labute approximate surface area is 169 Å². The van der Waals surface area contributed by atoms with Gasteiger partial charge in [0.25, 0.3) is 5.56 Å². The average Bonchev–Trinajstić information content (AvgIpc) is 2.67. The van der Waals surface area contributed by atoms with Gasteiger partial charge in [0.05, 0.1) is 10.9 Å². The Kier molecular flexibility index (Phi) is 6.87. The van der Waals surface area contributed by atoms with Gasteiger partial charge in [-0.3, -0.25) is 14.2 Å². The van der Waals surface area contributed by atoms with E-state index < -0.39 is 0 Å². The highest BCUT2D eigenvalue weighted by Crippen LogP contribution is 2.23. The number of primary amides is 1. The number of aromatic nitrogens is 2. The van der Waals surface area contributed by atoms with Gasteiger partial charge in [-0.15, -0.1) is 0 Å². The van der Waals surface area contributed by atoms with Crippen LogP contribution in [0.4, 0.5) is 0 Å². The molecular weight excluding hydrogens is 370 g/mol. The van der Waals surface area contributed by atoms with Crippen molar-refractivity contribution in [1.29, 1.82) is 0 Å². The summed E-state index contributed by atoms with van der Waals surface area (Å²) >= 11 is 1.58. The van der Waals surface area contributed by atoms with Gasteiger partial charge >= 0.3 is 0 Å². The average molecular weight is 396 g/mol. The predicted molar refractivity (Wildman–Crippen MR) is 114 cm³/mol. The molecule has 0 saturated heterocycles. The van der Waals surface area contributed by atoms with Gasteiger partial charge in [0, 0.05) is 18.7 Å². The van der Waals surface area contributed by atoms with Crippen LogP contribution in [0.1, 0.15) is 36.8 Å². The number of para-hydroxylation sites is 1. The number of benzene rings is 2. The van der Waals surface area contributed by atoms with Crippen molar-refractivity contribution >= 4 is 28.6 Å². The molecule has 0 aliphatic rings. The molecule has 0 bridgehead atoms. The van der Waals surface area contributed by atoms with Crippen molar-refractivity contribution in [3.63, 3.8) is 0 Å². The van der Waals surface area contributed by atoms with Crippen molar-refractivity contribution in [2.45, 2.75) is 50.1 Å². The molecule has 1 heterocycles. The molecule has 0 saturated carbocycles. The molecule has 3 aromatic rings. The molecule has 1 aromatic heterocycles. The van der Waals surface area contributed by atoms with Gasteiger partial charge < -0.3 is 5.73 Å². The third-order valence-electron chi connectivity index (χ3n) is 4.58. The van der Waals surface area contributed by atoms with Crippen LogP contribution in [-0.2, 0) is 17.1 Å². The van der Waals surface area contributed by atoms with E-state index in [9.17, 15) is 9.59 Å². The summed E-state index contributed by atoms with van der Waals surface area (Å²) in [6.45, 7) is 2.66. The first-order chi connectivity index (χ1) is 13.5. The van der Waals surface area contributed by atoms with E-state index in [0.29, 0.717) is 18.4 Å². The minimum atomic E-state index is -0.279. The van der Waals surface area contributed by atoms with Crippen LogP contribution >= 0.6 is 11.8 Å². The van der Waals surface area contributed by atoms with Crippen LogP contribution < -0.4 is 11.3 Å². The van der Waals surface area contributed by atoms with Crippen molar-refractivity contribution in [2.24, 2.45) is 5.73 Å². The lowest BCUT2D eigenvalue weighted by atomic mass is 10.2. The summed E-state index contributed by atoms with van der Waals surface area (Å²) in [6, 6.07) is 15.8. The molecule has 6 heteroatoms. The van der Waals surface area contributed by atoms with Gasteiger partial charge in [0.1, 0.15) is 0 Å². The van der Waals surface area contributed by atoms with Crippen LogP contribution in [0.3, 0.4) is 0 Å². The smallest absolute Gasteiger partial charge is 0.262 e. The fourth-order valence-corrected chi connectivity index (χ4v) is 4.12. The third kappa shape index (κ3) is 5.23. The molecule has 5 nitrogen and oxygen atoms in total. The van der Waals surface area contributed by atoms with E-state index in [0.717, 1.165) is 35.7 Å². The van der Waals surface area contributed by atoms with Gasteiger partial charge in [-0.05, 0) is 37.5 Å². The number of fused-ring (bicyclic) bond motifs is 1. The molecule has 2 N–H and O–H groups in total. The number of amides is 1.